The van der Waals surface area contributed by atoms with Crippen LogP contribution in [-0.2, 0) is 11.4 Å². The molecule has 116 valence electrons. The minimum absolute atomic E-state index is 0.124. The highest BCUT2D eigenvalue weighted by molar-refractivity contribution is 6.01. The van der Waals surface area contributed by atoms with E-state index in [1.54, 1.807) is 41.6 Å². The molecule has 2 aromatic heterocycles. The third-order valence-electron chi connectivity index (χ3n) is 3.63. The molecule has 3 heterocycles. The summed E-state index contributed by atoms with van der Waals surface area (Å²) in [6.07, 6.45) is 7.15. The first-order chi connectivity index (χ1) is 11.3. The minimum Gasteiger partial charge on any atom is -0.390 e. The molecule has 0 spiro atoms. The molecule has 8 heteroatoms. The van der Waals surface area contributed by atoms with Crippen molar-refractivity contribution in [3.8, 4) is 5.69 Å². The Morgan fingerprint density at radius 3 is 2.96 bits per heavy atom. The van der Waals surface area contributed by atoms with E-state index in [4.69, 9.17) is 4.84 Å². The van der Waals surface area contributed by atoms with Gasteiger partial charge in [0.15, 0.2) is 6.10 Å². The predicted molar refractivity (Wildman–Crippen MR) is 79.6 cm³/mol. The second-order valence-electron chi connectivity index (χ2n) is 5.21. The SMILES string of the molecule is Fc1cc(C2=NOC(Cn3ccnn3)C2)ccc1-n1cccn1. The molecule has 0 aliphatic carbocycles. The Bertz CT molecular complexity index is 828. The second-order valence-corrected chi connectivity index (χ2v) is 5.21. The number of hydrogen-bond donors (Lipinski definition) is 0. The van der Waals surface area contributed by atoms with Gasteiger partial charge in [-0.3, -0.25) is 0 Å². The van der Waals surface area contributed by atoms with Gasteiger partial charge in [-0.25, -0.2) is 13.8 Å². The number of halogens is 1. The van der Waals surface area contributed by atoms with Crippen LogP contribution in [0.15, 0.2) is 54.2 Å². The predicted octanol–water partition coefficient (Wildman–Crippen LogP) is 1.80. The summed E-state index contributed by atoms with van der Waals surface area (Å²) in [7, 11) is 0. The first-order valence-corrected chi connectivity index (χ1v) is 7.16. The average molecular weight is 312 g/mol. The Balaban J connectivity index is 1.50. The third-order valence-corrected chi connectivity index (χ3v) is 3.63. The van der Waals surface area contributed by atoms with Gasteiger partial charge in [0, 0.05) is 30.6 Å². The molecule has 0 radical (unpaired) electrons. The van der Waals surface area contributed by atoms with E-state index in [-0.39, 0.29) is 11.9 Å². The highest BCUT2D eigenvalue weighted by atomic mass is 19.1. The number of hydrogen-bond acceptors (Lipinski definition) is 5. The van der Waals surface area contributed by atoms with Crippen molar-refractivity contribution in [2.24, 2.45) is 5.16 Å². The molecule has 7 nitrogen and oxygen atoms in total. The fraction of sp³-hybridized carbons (Fsp3) is 0.200. The van der Waals surface area contributed by atoms with Crippen LogP contribution in [0.2, 0.25) is 0 Å². The van der Waals surface area contributed by atoms with Gasteiger partial charge < -0.3 is 4.84 Å². The lowest BCUT2D eigenvalue weighted by Crippen LogP contribution is -2.17. The van der Waals surface area contributed by atoms with Gasteiger partial charge in [-0.05, 0) is 18.2 Å². The van der Waals surface area contributed by atoms with Crippen molar-refractivity contribution in [3.05, 3.63) is 60.4 Å². The molecule has 1 aromatic carbocycles. The van der Waals surface area contributed by atoms with Crippen LogP contribution in [-0.4, -0.2) is 36.6 Å². The van der Waals surface area contributed by atoms with Crippen LogP contribution >= 0.6 is 0 Å². The van der Waals surface area contributed by atoms with Crippen molar-refractivity contribution < 1.29 is 9.23 Å². The van der Waals surface area contributed by atoms with Crippen molar-refractivity contribution >= 4 is 5.71 Å². The molecule has 1 unspecified atom stereocenters. The first kappa shape index (κ1) is 13.6. The Hall–Kier alpha value is -3.03. The number of oxime groups is 1. The lowest BCUT2D eigenvalue weighted by Gasteiger charge is -2.07. The van der Waals surface area contributed by atoms with E-state index in [1.165, 1.54) is 10.7 Å². The van der Waals surface area contributed by atoms with Crippen molar-refractivity contribution in [2.45, 2.75) is 19.1 Å². The standard InChI is InChI=1S/C15H13FN6O/c16-13-8-11(2-3-15(13)22-6-1-4-18-22)14-9-12(23-19-14)10-21-7-5-17-20-21/h1-8,12H,9-10H2. The molecule has 0 fully saturated rings. The van der Waals surface area contributed by atoms with Gasteiger partial charge in [0.1, 0.15) is 11.5 Å². The smallest absolute Gasteiger partial charge is 0.152 e. The summed E-state index contributed by atoms with van der Waals surface area (Å²) >= 11 is 0. The second kappa shape index (κ2) is 5.64. The summed E-state index contributed by atoms with van der Waals surface area (Å²) in [5, 5.41) is 15.7. The molecular weight excluding hydrogens is 299 g/mol. The van der Waals surface area contributed by atoms with Gasteiger partial charge in [-0.2, -0.15) is 5.10 Å². The monoisotopic (exact) mass is 312 g/mol. The highest BCUT2D eigenvalue weighted by Gasteiger charge is 2.23. The van der Waals surface area contributed by atoms with E-state index in [1.807, 2.05) is 6.07 Å². The van der Waals surface area contributed by atoms with Gasteiger partial charge >= 0.3 is 0 Å². The zero-order valence-electron chi connectivity index (χ0n) is 12.1. The van der Waals surface area contributed by atoms with E-state index >= 15 is 0 Å². The highest BCUT2D eigenvalue weighted by Crippen LogP contribution is 2.21. The number of nitrogens with zero attached hydrogens (tertiary/aromatic N) is 6. The molecule has 1 atom stereocenters. The summed E-state index contributed by atoms with van der Waals surface area (Å²) in [5.74, 6) is -0.353. The van der Waals surface area contributed by atoms with Crippen LogP contribution in [0.4, 0.5) is 4.39 Å². The molecule has 1 aliphatic rings. The maximum Gasteiger partial charge on any atom is 0.152 e. The van der Waals surface area contributed by atoms with Gasteiger partial charge in [-0.15, -0.1) is 5.10 Å². The van der Waals surface area contributed by atoms with E-state index in [0.29, 0.717) is 24.2 Å². The number of benzene rings is 1. The largest absolute Gasteiger partial charge is 0.390 e. The Labute approximate surface area is 131 Å². The lowest BCUT2D eigenvalue weighted by molar-refractivity contribution is 0.0693. The molecule has 0 amide bonds. The molecule has 0 bridgehead atoms. The van der Waals surface area contributed by atoms with Crippen LogP contribution in [0.25, 0.3) is 5.69 Å². The Morgan fingerprint density at radius 2 is 2.22 bits per heavy atom. The quantitative estimate of drug-likeness (QED) is 0.736. The normalized spacial score (nSPS) is 17.1. The number of rotatable bonds is 4. The van der Waals surface area contributed by atoms with Gasteiger partial charge in [-0.1, -0.05) is 16.4 Å². The van der Waals surface area contributed by atoms with Gasteiger partial charge in [0.25, 0.3) is 0 Å². The van der Waals surface area contributed by atoms with Gasteiger partial charge in [0.2, 0.25) is 0 Å². The summed E-state index contributed by atoms with van der Waals surface area (Å²) < 4.78 is 17.5. The first-order valence-electron chi connectivity index (χ1n) is 7.16. The molecule has 0 saturated heterocycles. The topological polar surface area (TPSA) is 70.1 Å². The zero-order valence-corrected chi connectivity index (χ0v) is 12.1. The van der Waals surface area contributed by atoms with E-state index < -0.39 is 0 Å². The van der Waals surface area contributed by atoms with Crippen molar-refractivity contribution in [1.29, 1.82) is 0 Å². The zero-order chi connectivity index (χ0) is 15.6. The summed E-state index contributed by atoms with van der Waals surface area (Å²) in [5.41, 5.74) is 1.83. The van der Waals surface area contributed by atoms with Crippen molar-refractivity contribution in [3.63, 3.8) is 0 Å². The molecular formula is C15H13FN6O. The molecule has 23 heavy (non-hydrogen) atoms. The summed E-state index contributed by atoms with van der Waals surface area (Å²) in [4.78, 5) is 5.40. The van der Waals surface area contributed by atoms with E-state index in [0.717, 1.165) is 5.71 Å². The fourth-order valence-electron chi connectivity index (χ4n) is 2.52. The molecule has 1 aliphatic heterocycles. The molecule has 0 N–H and O–H groups in total. The summed E-state index contributed by atoms with van der Waals surface area (Å²) in [6.45, 7) is 0.556. The molecule has 3 aromatic rings. The van der Waals surface area contributed by atoms with Crippen LogP contribution in [0.5, 0.6) is 0 Å². The minimum atomic E-state index is -0.353. The Morgan fingerprint density at radius 1 is 1.26 bits per heavy atom. The van der Waals surface area contributed by atoms with E-state index in [9.17, 15) is 4.39 Å². The van der Waals surface area contributed by atoms with Crippen LogP contribution in [0.1, 0.15) is 12.0 Å². The lowest BCUT2D eigenvalue weighted by atomic mass is 10.0. The third kappa shape index (κ3) is 2.70. The van der Waals surface area contributed by atoms with Crippen molar-refractivity contribution in [1.82, 2.24) is 24.8 Å². The van der Waals surface area contributed by atoms with Crippen molar-refractivity contribution in [2.75, 3.05) is 0 Å². The maximum absolute atomic E-state index is 14.3. The number of aromatic nitrogens is 5. The van der Waals surface area contributed by atoms with Crippen LogP contribution in [0, 0.1) is 5.82 Å². The fourth-order valence-corrected chi connectivity index (χ4v) is 2.52. The Kier molecular flexibility index (Phi) is 3.34. The maximum atomic E-state index is 14.3. The molecule has 4 rings (SSSR count). The van der Waals surface area contributed by atoms with Crippen LogP contribution in [0.3, 0.4) is 0 Å². The van der Waals surface area contributed by atoms with Crippen LogP contribution < -0.4 is 0 Å². The summed E-state index contributed by atoms with van der Waals surface area (Å²) in [6, 6.07) is 6.71. The molecule has 0 saturated carbocycles. The van der Waals surface area contributed by atoms with Gasteiger partial charge in [0.05, 0.1) is 18.5 Å². The average Bonchev–Trinajstić information content (AvgIpc) is 3.30. The van der Waals surface area contributed by atoms with E-state index in [2.05, 4.69) is 20.6 Å².